The van der Waals surface area contributed by atoms with Crippen molar-refractivity contribution in [3.63, 3.8) is 0 Å². The maximum atomic E-state index is 13.1. The molecular weight excluding hydrogens is 1350 g/mol. The first-order valence-corrected chi connectivity index (χ1v) is 46.8. The summed E-state index contributed by atoms with van der Waals surface area (Å²) in [5, 5.41) is 10.7. The summed E-state index contributed by atoms with van der Waals surface area (Å²) in [4.78, 5) is 73.2. The van der Waals surface area contributed by atoms with Crippen molar-refractivity contribution in [2.45, 2.75) is 465 Å². The number of carbonyl (C=O) groups is 4. The van der Waals surface area contributed by atoms with Crippen molar-refractivity contribution in [1.82, 2.24) is 0 Å². The predicted molar refractivity (Wildman–Crippen MR) is 428 cm³/mol. The third-order valence-electron chi connectivity index (χ3n) is 19.9. The van der Waals surface area contributed by atoms with Crippen molar-refractivity contribution >= 4 is 39.5 Å². The highest BCUT2D eigenvalue weighted by Gasteiger charge is 2.30. The molecule has 0 amide bonds. The van der Waals surface area contributed by atoms with Crippen LogP contribution in [-0.4, -0.2) is 96.7 Å². The van der Waals surface area contributed by atoms with Gasteiger partial charge in [-0.05, 0) is 43.4 Å². The fraction of sp³-hybridized carbons (Fsp3) is 0.953. The van der Waals surface area contributed by atoms with Crippen molar-refractivity contribution in [3.05, 3.63) is 0 Å². The third kappa shape index (κ3) is 78.2. The summed E-state index contributed by atoms with van der Waals surface area (Å²) < 4.78 is 68.8. The minimum Gasteiger partial charge on any atom is -0.462 e. The zero-order valence-electron chi connectivity index (χ0n) is 68.5. The Bertz CT molecular complexity index is 2010. The number of aliphatic hydroxyl groups is 1. The van der Waals surface area contributed by atoms with E-state index in [1.807, 2.05) is 0 Å². The Balaban J connectivity index is 5.23. The number of phosphoric ester groups is 2. The number of phosphoric acid groups is 2. The van der Waals surface area contributed by atoms with E-state index in [1.54, 1.807) is 0 Å². The highest BCUT2D eigenvalue weighted by molar-refractivity contribution is 7.47. The van der Waals surface area contributed by atoms with Crippen LogP contribution in [0.1, 0.15) is 447 Å². The average Bonchev–Trinajstić information content (AvgIpc) is 0.916. The number of rotatable bonds is 83. The SMILES string of the molecule is CCCCCCCCCCCCCCCCCCCCCCCC(=O)O[C@H](COC(=O)CCCCCCCCCCCCCCCCC(C)C)COP(=O)(O)OC[C@@H](O)COP(=O)(O)OC[C@@H](COC(=O)CCCCCCCCCC(C)C)OC(=O)CCCCCCCCCCCCCCCC(C)C. The van der Waals surface area contributed by atoms with Crippen molar-refractivity contribution in [1.29, 1.82) is 0 Å². The van der Waals surface area contributed by atoms with E-state index in [0.717, 1.165) is 108 Å². The van der Waals surface area contributed by atoms with E-state index in [0.29, 0.717) is 31.6 Å². The van der Waals surface area contributed by atoms with Gasteiger partial charge in [0.2, 0.25) is 0 Å². The number of aliphatic hydroxyl groups excluding tert-OH is 1. The predicted octanol–water partition coefficient (Wildman–Crippen LogP) is 25.7. The van der Waals surface area contributed by atoms with Gasteiger partial charge in [0.1, 0.15) is 19.3 Å². The lowest BCUT2D eigenvalue weighted by Gasteiger charge is -2.21. The second-order valence-electron chi connectivity index (χ2n) is 32.0. The molecule has 0 saturated heterocycles. The van der Waals surface area contributed by atoms with E-state index in [4.69, 9.17) is 37.0 Å². The zero-order chi connectivity index (χ0) is 76.5. The molecule has 0 radical (unpaired) electrons. The largest absolute Gasteiger partial charge is 0.472 e. The molecule has 104 heavy (non-hydrogen) atoms. The minimum atomic E-state index is -4.97. The van der Waals surface area contributed by atoms with Gasteiger partial charge in [0.15, 0.2) is 12.2 Å². The summed E-state index contributed by atoms with van der Waals surface area (Å²) in [6.45, 7) is 12.0. The van der Waals surface area contributed by atoms with E-state index >= 15 is 0 Å². The number of ether oxygens (including phenoxy) is 4. The van der Waals surface area contributed by atoms with Crippen LogP contribution in [0.4, 0.5) is 0 Å². The zero-order valence-corrected chi connectivity index (χ0v) is 70.3. The van der Waals surface area contributed by atoms with Crippen LogP contribution < -0.4 is 0 Å². The monoisotopic (exact) mass is 1520 g/mol. The van der Waals surface area contributed by atoms with Crippen LogP contribution in [0.5, 0.6) is 0 Å². The van der Waals surface area contributed by atoms with Crippen molar-refractivity contribution in [2.24, 2.45) is 17.8 Å². The molecule has 0 aromatic carbocycles. The van der Waals surface area contributed by atoms with Gasteiger partial charge in [0.25, 0.3) is 0 Å². The van der Waals surface area contributed by atoms with Crippen molar-refractivity contribution in [2.75, 3.05) is 39.6 Å². The molecule has 0 aliphatic heterocycles. The topological polar surface area (TPSA) is 237 Å². The molecule has 618 valence electrons. The van der Waals surface area contributed by atoms with Gasteiger partial charge < -0.3 is 33.8 Å². The van der Waals surface area contributed by atoms with Crippen LogP contribution in [0, 0.1) is 17.8 Å². The molecule has 0 bridgehead atoms. The fourth-order valence-corrected chi connectivity index (χ4v) is 14.8. The molecular formula is C85H166O17P2. The first-order chi connectivity index (χ1) is 50.2. The Kier molecular flexibility index (Phi) is 73.7. The molecule has 0 aromatic heterocycles. The lowest BCUT2D eigenvalue weighted by atomic mass is 10.0. The lowest BCUT2D eigenvalue weighted by Crippen LogP contribution is -2.30. The number of hydrogen-bond acceptors (Lipinski definition) is 15. The maximum absolute atomic E-state index is 13.1. The Morgan fingerprint density at radius 1 is 0.260 bits per heavy atom. The van der Waals surface area contributed by atoms with Gasteiger partial charge >= 0.3 is 39.5 Å². The molecule has 3 N–H and O–H groups in total. The molecule has 0 rings (SSSR count). The molecule has 0 aliphatic carbocycles. The summed E-state index contributed by atoms with van der Waals surface area (Å²) in [5.41, 5.74) is 0. The molecule has 0 aromatic rings. The Labute approximate surface area is 638 Å². The quantitative estimate of drug-likeness (QED) is 0.0222. The van der Waals surface area contributed by atoms with Crippen LogP contribution in [-0.2, 0) is 65.4 Å². The Morgan fingerprint density at radius 2 is 0.442 bits per heavy atom. The molecule has 5 atom stereocenters. The molecule has 19 heteroatoms. The molecule has 0 spiro atoms. The number of unbranched alkanes of at least 4 members (excludes halogenated alkanes) is 51. The molecule has 0 fully saturated rings. The first kappa shape index (κ1) is 102. The number of hydrogen-bond donors (Lipinski definition) is 3. The summed E-state index contributed by atoms with van der Waals surface area (Å²) in [6, 6.07) is 0. The van der Waals surface area contributed by atoms with E-state index in [-0.39, 0.29) is 25.7 Å². The normalized spacial score (nSPS) is 13.9. The van der Waals surface area contributed by atoms with Crippen LogP contribution in [0.25, 0.3) is 0 Å². The summed E-state index contributed by atoms with van der Waals surface area (Å²) in [7, 11) is -9.93. The Morgan fingerprint density at radius 3 is 0.654 bits per heavy atom. The Hall–Kier alpha value is -1.94. The van der Waals surface area contributed by atoms with Crippen molar-refractivity contribution in [3.8, 4) is 0 Å². The van der Waals surface area contributed by atoms with Gasteiger partial charge in [0, 0.05) is 25.7 Å². The lowest BCUT2D eigenvalue weighted by molar-refractivity contribution is -0.161. The summed E-state index contributed by atoms with van der Waals surface area (Å²) in [5.74, 6) is 0.183. The van der Waals surface area contributed by atoms with E-state index in [9.17, 15) is 43.2 Å². The van der Waals surface area contributed by atoms with Gasteiger partial charge in [-0.1, -0.05) is 395 Å². The summed E-state index contributed by atoms with van der Waals surface area (Å²) >= 11 is 0. The van der Waals surface area contributed by atoms with E-state index in [2.05, 4.69) is 48.5 Å². The van der Waals surface area contributed by atoms with Gasteiger partial charge in [-0.25, -0.2) is 9.13 Å². The highest BCUT2D eigenvalue weighted by atomic mass is 31.2. The first-order valence-electron chi connectivity index (χ1n) is 43.8. The average molecular weight is 1520 g/mol. The molecule has 2 unspecified atom stereocenters. The van der Waals surface area contributed by atoms with Crippen LogP contribution in [0.15, 0.2) is 0 Å². The number of carbonyl (C=O) groups excluding carboxylic acids is 4. The molecule has 0 saturated carbocycles. The second-order valence-corrected chi connectivity index (χ2v) is 34.9. The van der Waals surface area contributed by atoms with Crippen molar-refractivity contribution < 1.29 is 80.2 Å². The van der Waals surface area contributed by atoms with Gasteiger partial charge in [0.05, 0.1) is 26.4 Å². The van der Waals surface area contributed by atoms with Gasteiger partial charge in [-0.15, -0.1) is 0 Å². The molecule has 17 nitrogen and oxygen atoms in total. The second kappa shape index (κ2) is 75.1. The van der Waals surface area contributed by atoms with Crippen LogP contribution in [0.3, 0.4) is 0 Å². The highest BCUT2D eigenvalue weighted by Crippen LogP contribution is 2.45. The minimum absolute atomic E-state index is 0.106. The maximum Gasteiger partial charge on any atom is 0.472 e. The van der Waals surface area contributed by atoms with Gasteiger partial charge in [-0.2, -0.15) is 0 Å². The van der Waals surface area contributed by atoms with E-state index in [1.165, 1.54) is 250 Å². The number of esters is 4. The molecule has 0 heterocycles. The standard InChI is InChI=1S/C85H166O17P2/c1-8-9-10-11-12-13-14-15-16-17-18-19-20-21-22-29-34-39-46-54-61-68-84(89)101-80(72-95-82(87)66-59-52-45-38-33-28-24-23-26-31-36-42-49-56-63-76(2)3)74-99-103(91,92)97-70-79(86)71-98-104(93,94)100-75-81(73-96-83(88)67-60-53-48-41-44-51-58-65-78(6)7)102-85(90)69-62-55-47-40-35-30-25-27-32-37-43-50-57-64-77(4)5/h76-81,86H,8-75H2,1-7H3,(H,91,92)(H,93,94)/t79-,80-,81-/m1/s1. The smallest absolute Gasteiger partial charge is 0.462 e. The van der Waals surface area contributed by atoms with Crippen LogP contribution in [0.2, 0.25) is 0 Å². The summed E-state index contributed by atoms with van der Waals surface area (Å²) in [6.07, 6.45) is 65.4. The fourth-order valence-electron chi connectivity index (χ4n) is 13.2. The van der Waals surface area contributed by atoms with E-state index < -0.39 is 97.5 Å². The van der Waals surface area contributed by atoms with Gasteiger partial charge in [-0.3, -0.25) is 37.3 Å². The molecule has 0 aliphatic rings. The third-order valence-corrected chi connectivity index (χ3v) is 21.8. The van der Waals surface area contributed by atoms with Crippen LogP contribution >= 0.6 is 15.6 Å².